The second-order valence-electron chi connectivity index (χ2n) is 12.9. The summed E-state index contributed by atoms with van der Waals surface area (Å²) in [6.45, 7) is 0.231. The molecule has 1 aliphatic heterocycles. The summed E-state index contributed by atoms with van der Waals surface area (Å²) >= 11 is 0. The van der Waals surface area contributed by atoms with Crippen LogP contribution in [-0.4, -0.2) is 76.2 Å². The molecule has 0 aliphatic carbocycles. The Morgan fingerprint density at radius 3 is 2.17 bits per heavy atom. The SMILES string of the molecule is NC(=O)[C@H](Cc1c[nH]c2ccccc12)NC(=O)[C@H](CCCN=C(N)N)NC(=O)[C@@H](Cc1ccc(F)cc1)NC(=O)[C@@H]1Cc2ccccc2CN1C(N)=O. The highest BCUT2D eigenvalue weighted by Gasteiger charge is 2.36. The molecular weight excluding hydrogens is 683 g/mol. The van der Waals surface area contributed by atoms with Crippen molar-refractivity contribution in [3.8, 4) is 0 Å². The molecule has 1 aliphatic rings. The lowest BCUT2D eigenvalue weighted by atomic mass is 9.93. The summed E-state index contributed by atoms with van der Waals surface area (Å²) in [6.07, 6.45) is 2.16. The Morgan fingerprint density at radius 2 is 1.47 bits per heavy atom. The van der Waals surface area contributed by atoms with Crippen molar-refractivity contribution in [1.82, 2.24) is 25.8 Å². The molecule has 15 nitrogen and oxygen atoms in total. The van der Waals surface area contributed by atoms with Crippen LogP contribution >= 0.6 is 0 Å². The smallest absolute Gasteiger partial charge is 0.315 e. The molecule has 3 aromatic carbocycles. The van der Waals surface area contributed by atoms with Crippen LogP contribution in [0.25, 0.3) is 10.9 Å². The zero-order valence-corrected chi connectivity index (χ0v) is 28.9. The lowest BCUT2D eigenvalue weighted by Crippen LogP contribution is -2.60. The molecule has 4 atom stereocenters. The molecular formula is C37H43FN10O5. The number of primary amides is 2. The van der Waals surface area contributed by atoms with E-state index in [1.807, 2.05) is 48.5 Å². The minimum Gasteiger partial charge on any atom is -0.370 e. The summed E-state index contributed by atoms with van der Waals surface area (Å²) in [7, 11) is 0. The van der Waals surface area contributed by atoms with E-state index >= 15 is 0 Å². The summed E-state index contributed by atoms with van der Waals surface area (Å²) in [5.74, 6) is -3.54. The predicted molar refractivity (Wildman–Crippen MR) is 196 cm³/mol. The average Bonchev–Trinajstić information content (AvgIpc) is 3.54. The molecule has 0 fully saturated rings. The van der Waals surface area contributed by atoms with Gasteiger partial charge in [0.25, 0.3) is 0 Å². The minimum absolute atomic E-state index is 0.0407. The molecule has 0 spiro atoms. The Labute approximate surface area is 304 Å². The first-order valence-electron chi connectivity index (χ1n) is 17.1. The molecule has 1 aromatic heterocycles. The van der Waals surface area contributed by atoms with Gasteiger partial charge in [-0.25, -0.2) is 9.18 Å². The number of aromatic nitrogens is 1. The number of nitrogens with two attached hydrogens (primary N) is 4. The Bertz CT molecular complexity index is 1990. The number of aliphatic imine (C=N–C) groups is 1. The molecule has 5 rings (SSSR count). The van der Waals surface area contributed by atoms with Gasteiger partial charge < -0.3 is 48.8 Å². The van der Waals surface area contributed by atoms with Crippen molar-refractivity contribution in [2.75, 3.05) is 6.54 Å². The van der Waals surface area contributed by atoms with Crippen LogP contribution in [0.2, 0.25) is 0 Å². The van der Waals surface area contributed by atoms with E-state index < -0.39 is 59.6 Å². The lowest BCUT2D eigenvalue weighted by molar-refractivity contribution is -0.134. The number of carbonyl (C=O) groups excluding carboxylic acids is 5. The van der Waals surface area contributed by atoms with E-state index in [2.05, 4.69) is 25.9 Å². The molecule has 53 heavy (non-hydrogen) atoms. The maximum absolute atomic E-state index is 14.1. The largest absolute Gasteiger partial charge is 0.370 e. The first-order valence-corrected chi connectivity index (χ1v) is 17.1. The van der Waals surface area contributed by atoms with Crippen LogP contribution in [0.3, 0.4) is 0 Å². The second-order valence-corrected chi connectivity index (χ2v) is 12.9. The number of H-pyrrole nitrogens is 1. The molecule has 6 amide bonds. The van der Waals surface area contributed by atoms with Crippen LogP contribution in [0.15, 0.2) is 84.0 Å². The minimum atomic E-state index is -1.29. The summed E-state index contributed by atoms with van der Waals surface area (Å²) < 4.78 is 13.8. The Kier molecular flexibility index (Phi) is 12.2. The Balaban J connectivity index is 1.38. The predicted octanol–water partition coefficient (Wildman–Crippen LogP) is 0.591. The topological polar surface area (TPSA) is 257 Å². The van der Waals surface area contributed by atoms with E-state index in [0.717, 1.165) is 27.6 Å². The van der Waals surface area contributed by atoms with Crippen LogP contribution in [0.4, 0.5) is 9.18 Å². The monoisotopic (exact) mass is 726 g/mol. The first-order chi connectivity index (χ1) is 25.4. The van der Waals surface area contributed by atoms with Gasteiger partial charge in [0.15, 0.2) is 5.96 Å². The summed E-state index contributed by atoms with van der Waals surface area (Å²) in [5, 5.41) is 8.98. The quantitative estimate of drug-likeness (QED) is 0.0491. The van der Waals surface area contributed by atoms with Gasteiger partial charge in [-0.05, 0) is 53.3 Å². The molecule has 0 saturated carbocycles. The van der Waals surface area contributed by atoms with Crippen molar-refractivity contribution in [1.29, 1.82) is 0 Å². The maximum Gasteiger partial charge on any atom is 0.315 e. The van der Waals surface area contributed by atoms with Crippen molar-refractivity contribution in [3.05, 3.63) is 107 Å². The van der Waals surface area contributed by atoms with Crippen LogP contribution < -0.4 is 38.9 Å². The van der Waals surface area contributed by atoms with Crippen molar-refractivity contribution >= 4 is 46.5 Å². The number of halogens is 1. The van der Waals surface area contributed by atoms with Crippen LogP contribution in [0, 0.1) is 5.82 Å². The second kappa shape index (κ2) is 17.2. The molecule has 0 radical (unpaired) electrons. The van der Waals surface area contributed by atoms with E-state index in [4.69, 9.17) is 22.9 Å². The Hall–Kier alpha value is -6.45. The number of carbonyl (C=O) groups is 5. The fraction of sp³-hybridized carbons (Fsp3) is 0.297. The number of nitrogens with one attached hydrogen (secondary N) is 4. The number of urea groups is 1. The van der Waals surface area contributed by atoms with Gasteiger partial charge in [-0.1, -0.05) is 54.6 Å². The number of amides is 6. The lowest BCUT2D eigenvalue weighted by Gasteiger charge is -2.35. The standard InChI is InChI=1S/C37H43FN10O5/c38-25-13-11-21(12-14-25)16-30(47-35(52)31-18-22-6-1-2-7-23(22)20-48(31)37(42)53)34(51)45-28(10-5-15-43-36(40)41)33(50)46-29(32(39)49)17-24-19-44-27-9-4-3-8-26(24)27/h1-4,6-9,11-14,19,28-31,44H,5,10,15-18,20H2,(H2,39,49)(H2,42,53)(H,45,51)(H,46,50)(H,47,52)(H4,40,41,43)/t28-,29-,30+,31-/m0/s1. The fourth-order valence-electron chi connectivity index (χ4n) is 6.38. The van der Waals surface area contributed by atoms with Crippen LogP contribution in [0.1, 0.15) is 35.1 Å². The number of nitrogens with zero attached hydrogens (tertiary/aromatic N) is 2. The van der Waals surface area contributed by atoms with Gasteiger partial charge in [-0.2, -0.15) is 0 Å². The first kappa shape index (κ1) is 37.8. The van der Waals surface area contributed by atoms with Crippen molar-refractivity contribution in [2.24, 2.45) is 27.9 Å². The maximum atomic E-state index is 14.1. The summed E-state index contributed by atoms with van der Waals surface area (Å²) in [4.78, 5) is 75.1. The number of aromatic amines is 1. The average molecular weight is 727 g/mol. The van der Waals surface area contributed by atoms with Gasteiger partial charge in [0.05, 0.1) is 0 Å². The van der Waals surface area contributed by atoms with E-state index in [1.54, 1.807) is 6.20 Å². The molecule has 0 saturated heterocycles. The molecule has 2 heterocycles. The number of guanidine groups is 1. The van der Waals surface area contributed by atoms with E-state index in [-0.39, 0.29) is 51.2 Å². The highest BCUT2D eigenvalue weighted by molar-refractivity contribution is 5.96. The summed E-state index contributed by atoms with van der Waals surface area (Å²) in [6, 6.07) is 14.7. The van der Waals surface area contributed by atoms with Gasteiger partial charge in [-0.15, -0.1) is 0 Å². The molecule has 4 aromatic rings. The highest BCUT2D eigenvalue weighted by Crippen LogP contribution is 2.24. The third kappa shape index (κ3) is 9.87. The molecule has 0 bridgehead atoms. The van der Waals surface area contributed by atoms with Gasteiger partial charge in [0.2, 0.25) is 23.6 Å². The van der Waals surface area contributed by atoms with Crippen molar-refractivity contribution in [3.63, 3.8) is 0 Å². The van der Waals surface area contributed by atoms with Gasteiger partial charge in [-0.3, -0.25) is 24.2 Å². The highest BCUT2D eigenvalue weighted by atomic mass is 19.1. The normalized spacial score (nSPS) is 15.3. The molecule has 12 N–H and O–H groups in total. The third-order valence-electron chi connectivity index (χ3n) is 9.16. The fourth-order valence-corrected chi connectivity index (χ4v) is 6.38. The number of hydrogen-bond acceptors (Lipinski definition) is 6. The van der Waals surface area contributed by atoms with E-state index in [9.17, 15) is 28.4 Å². The molecule has 0 unspecified atom stereocenters. The number of para-hydroxylation sites is 1. The number of rotatable bonds is 15. The van der Waals surface area contributed by atoms with Crippen LogP contribution in [-0.2, 0) is 45.0 Å². The van der Waals surface area contributed by atoms with Crippen molar-refractivity contribution < 1.29 is 28.4 Å². The zero-order valence-electron chi connectivity index (χ0n) is 28.9. The molecule has 16 heteroatoms. The van der Waals surface area contributed by atoms with Gasteiger partial charge in [0, 0.05) is 49.5 Å². The van der Waals surface area contributed by atoms with Crippen LogP contribution in [0.5, 0.6) is 0 Å². The van der Waals surface area contributed by atoms with E-state index in [1.165, 1.54) is 29.2 Å². The zero-order chi connectivity index (χ0) is 38.1. The van der Waals surface area contributed by atoms with Crippen molar-refractivity contribution in [2.45, 2.75) is 62.8 Å². The van der Waals surface area contributed by atoms with Gasteiger partial charge >= 0.3 is 6.03 Å². The van der Waals surface area contributed by atoms with E-state index in [0.29, 0.717) is 5.56 Å². The number of fused-ring (bicyclic) bond motifs is 2. The number of hydrogen-bond donors (Lipinski definition) is 8. The third-order valence-corrected chi connectivity index (χ3v) is 9.16. The Morgan fingerprint density at radius 1 is 0.811 bits per heavy atom. The molecule has 278 valence electrons. The summed E-state index contributed by atoms with van der Waals surface area (Å²) in [5.41, 5.74) is 26.1. The number of benzene rings is 3. The van der Waals surface area contributed by atoms with Gasteiger partial charge in [0.1, 0.15) is 30.0 Å².